The van der Waals surface area contributed by atoms with E-state index in [0.29, 0.717) is 22.6 Å². The molecule has 0 aliphatic heterocycles. The first-order valence-corrected chi connectivity index (χ1v) is 7.98. The number of hydrogen-bond acceptors (Lipinski definition) is 1. The van der Waals surface area contributed by atoms with Gasteiger partial charge in [0.25, 0.3) is 0 Å². The molecule has 0 atom stereocenters. The molecule has 31 heavy (non-hydrogen) atoms. The van der Waals surface area contributed by atoms with E-state index in [1.807, 2.05) is 0 Å². The summed E-state index contributed by atoms with van der Waals surface area (Å²) < 4.78 is 219. The van der Waals surface area contributed by atoms with E-state index in [-0.39, 0.29) is 0 Å². The Hall–Kier alpha value is -0.760. The molecule has 0 aromatic heterocycles. The zero-order valence-electron chi connectivity index (χ0n) is 13.7. The van der Waals surface area contributed by atoms with Crippen LogP contribution in [0.1, 0.15) is 6.42 Å². The van der Waals surface area contributed by atoms with Crippen LogP contribution in [0.3, 0.4) is 0 Å². The lowest BCUT2D eigenvalue weighted by molar-refractivity contribution is -0.459. The molecule has 0 unspecified atom stereocenters. The highest BCUT2D eigenvalue weighted by atomic mass is 127. The average molecular weight is 616 g/mol. The van der Waals surface area contributed by atoms with Crippen LogP contribution in [-0.2, 0) is 0 Å². The van der Waals surface area contributed by atoms with E-state index in [1.165, 1.54) is 0 Å². The van der Waals surface area contributed by atoms with Crippen molar-refractivity contribution < 1.29 is 79.7 Å². The minimum atomic E-state index is -8.63. The number of aliphatic hydroxyl groups is 1. The maximum absolute atomic E-state index is 13.4. The fraction of sp³-hybridized carbons (Fsp3) is 0.833. The molecule has 0 spiro atoms. The van der Waals surface area contributed by atoms with Crippen molar-refractivity contribution in [2.24, 2.45) is 0 Å². The molecular formula is C12H6F17IO. The Labute approximate surface area is 173 Å². The largest absolute Gasteiger partial charge is 0.460 e. The summed E-state index contributed by atoms with van der Waals surface area (Å²) in [5.74, 6) is -56.5. The van der Waals surface area contributed by atoms with Gasteiger partial charge < -0.3 is 5.11 Å². The van der Waals surface area contributed by atoms with Crippen molar-refractivity contribution in [3.63, 3.8) is 0 Å². The number of allylic oxidation sites excluding steroid dienone is 1. The van der Waals surface area contributed by atoms with Gasteiger partial charge in [0, 0.05) is 19.1 Å². The van der Waals surface area contributed by atoms with Crippen molar-refractivity contribution in [3.05, 3.63) is 9.66 Å². The SMILES string of the molecule is OCC/C(I)=C\C(F)(F)C(F)(F)C(F)(F)C(F)(F)C(F)(F)C(F)(F)C(F)(F)C(F)(F)F. The first-order chi connectivity index (χ1) is 13.2. The number of hydrogen-bond donors (Lipinski definition) is 1. The average Bonchev–Trinajstić information content (AvgIpc) is 2.52. The van der Waals surface area contributed by atoms with E-state index in [9.17, 15) is 74.6 Å². The lowest BCUT2D eigenvalue weighted by Crippen LogP contribution is -2.74. The number of rotatable bonds is 9. The molecule has 19 heteroatoms. The molecule has 1 N–H and O–H groups in total. The maximum Gasteiger partial charge on any atom is 0.460 e. The third kappa shape index (κ3) is 4.40. The summed E-state index contributed by atoms with van der Waals surface area (Å²) >= 11 is 0.667. The van der Waals surface area contributed by atoms with Crippen LogP contribution in [0.4, 0.5) is 74.6 Å². The summed E-state index contributed by atoms with van der Waals surface area (Å²) in [5.41, 5.74) is 0. The second kappa shape index (κ2) is 8.23. The molecule has 0 heterocycles. The van der Waals surface area contributed by atoms with Gasteiger partial charge in [0.2, 0.25) is 0 Å². The summed E-state index contributed by atoms with van der Waals surface area (Å²) in [6.45, 7) is -1.11. The number of halogens is 18. The van der Waals surface area contributed by atoms with Gasteiger partial charge in [0.1, 0.15) is 0 Å². The van der Waals surface area contributed by atoms with Gasteiger partial charge in [-0.15, -0.1) is 0 Å². The van der Waals surface area contributed by atoms with Gasteiger partial charge in [0.05, 0.1) is 0 Å². The molecule has 0 bridgehead atoms. The van der Waals surface area contributed by atoms with Crippen LogP contribution in [0, 0.1) is 0 Å². The summed E-state index contributed by atoms with van der Waals surface area (Å²) in [6, 6.07) is 0. The first kappa shape index (κ1) is 30.2. The summed E-state index contributed by atoms with van der Waals surface area (Å²) in [7, 11) is 0. The molecule has 0 aromatic rings. The fourth-order valence-corrected chi connectivity index (χ4v) is 2.27. The van der Waals surface area contributed by atoms with Crippen molar-refractivity contribution >= 4 is 22.6 Å². The standard InChI is InChI=1S/C12H6F17IO/c13-5(14,3-4(30)1-2-31)6(15,16)7(17,18)8(19,20)9(21,22)10(23,24)11(25,26)12(27,28)29/h3,31H,1-2H2/b4-3+. The molecule has 0 aromatic carbocycles. The quantitative estimate of drug-likeness (QED) is 0.226. The third-order valence-electron chi connectivity index (χ3n) is 3.43. The zero-order valence-corrected chi connectivity index (χ0v) is 15.9. The second-order valence-corrected chi connectivity index (χ2v) is 7.02. The molecule has 0 aliphatic carbocycles. The molecule has 0 saturated carbocycles. The molecule has 1 nitrogen and oxygen atoms in total. The molecule has 0 saturated heterocycles. The topological polar surface area (TPSA) is 20.2 Å². The highest BCUT2D eigenvalue weighted by Gasteiger charge is 2.95. The predicted octanol–water partition coefficient (Wildman–Crippen LogP) is 6.70. The van der Waals surface area contributed by atoms with Crippen LogP contribution in [0.15, 0.2) is 9.66 Å². The van der Waals surface area contributed by atoms with Crippen molar-refractivity contribution in [2.45, 2.75) is 54.1 Å². The monoisotopic (exact) mass is 616 g/mol. The normalized spacial score (nSPS) is 16.7. The molecule has 0 amide bonds. The van der Waals surface area contributed by atoms with Crippen molar-refractivity contribution in [1.29, 1.82) is 0 Å². The Morgan fingerprint density at radius 2 is 0.839 bits per heavy atom. The van der Waals surface area contributed by atoms with Crippen LogP contribution >= 0.6 is 22.6 Å². The summed E-state index contributed by atoms with van der Waals surface area (Å²) in [4.78, 5) is 0. The highest BCUT2D eigenvalue weighted by molar-refractivity contribution is 14.1. The van der Waals surface area contributed by atoms with Crippen LogP contribution < -0.4 is 0 Å². The van der Waals surface area contributed by atoms with Crippen molar-refractivity contribution in [1.82, 2.24) is 0 Å². The highest BCUT2D eigenvalue weighted by Crippen LogP contribution is 2.64. The lowest BCUT2D eigenvalue weighted by Gasteiger charge is -2.42. The molecule has 0 radical (unpaired) electrons. The van der Waals surface area contributed by atoms with E-state index in [4.69, 9.17) is 5.11 Å². The second-order valence-electron chi connectivity index (χ2n) is 5.63. The maximum atomic E-state index is 13.4. The van der Waals surface area contributed by atoms with E-state index in [2.05, 4.69) is 0 Å². The molecule has 0 fully saturated rings. The van der Waals surface area contributed by atoms with Crippen LogP contribution in [0.5, 0.6) is 0 Å². The van der Waals surface area contributed by atoms with E-state index in [1.54, 1.807) is 0 Å². The fourth-order valence-electron chi connectivity index (χ4n) is 1.64. The smallest absolute Gasteiger partial charge is 0.396 e. The van der Waals surface area contributed by atoms with Gasteiger partial charge in [-0.2, -0.15) is 74.6 Å². The van der Waals surface area contributed by atoms with E-state index >= 15 is 0 Å². The van der Waals surface area contributed by atoms with Crippen molar-refractivity contribution in [2.75, 3.05) is 6.61 Å². The minimum absolute atomic E-state index is 0.667. The Kier molecular flexibility index (Phi) is 8.03. The van der Waals surface area contributed by atoms with Gasteiger partial charge in [-0.25, -0.2) is 0 Å². The van der Waals surface area contributed by atoms with Gasteiger partial charge in [-0.05, 0) is 26.2 Å². The first-order valence-electron chi connectivity index (χ1n) is 6.90. The zero-order chi connectivity index (χ0) is 25.7. The lowest BCUT2D eigenvalue weighted by atomic mass is 9.89. The Morgan fingerprint density at radius 3 is 1.13 bits per heavy atom. The Balaban J connectivity index is 6.73. The number of aliphatic hydroxyl groups excluding tert-OH is 1. The number of alkyl halides is 17. The molecule has 0 rings (SSSR count). The van der Waals surface area contributed by atoms with Gasteiger partial charge >= 0.3 is 47.6 Å². The molecule has 0 aliphatic rings. The Bertz CT molecular complexity index is 677. The third-order valence-corrected chi connectivity index (χ3v) is 4.29. The van der Waals surface area contributed by atoms with Crippen LogP contribution in [0.25, 0.3) is 0 Å². The Morgan fingerprint density at radius 1 is 0.548 bits per heavy atom. The van der Waals surface area contributed by atoms with Gasteiger partial charge in [0.15, 0.2) is 0 Å². The molecule has 186 valence electrons. The van der Waals surface area contributed by atoms with Crippen molar-refractivity contribution in [3.8, 4) is 0 Å². The predicted molar refractivity (Wildman–Crippen MR) is 74.5 cm³/mol. The minimum Gasteiger partial charge on any atom is -0.396 e. The molecular weight excluding hydrogens is 610 g/mol. The van der Waals surface area contributed by atoms with E-state index in [0.717, 1.165) is 0 Å². The summed E-state index contributed by atoms with van der Waals surface area (Å²) in [6.07, 6.45) is -10.0. The van der Waals surface area contributed by atoms with E-state index < -0.39 is 70.3 Å². The van der Waals surface area contributed by atoms with Gasteiger partial charge in [-0.3, -0.25) is 0 Å². The summed E-state index contributed by atoms with van der Waals surface area (Å²) in [5, 5.41) is 8.37. The van der Waals surface area contributed by atoms with Gasteiger partial charge in [-0.1, -0.05) is 0 Å². The van der Waals surface area contributed by atoms with Crippen LogP contribution in [-0.4, -0.2) is 59.3 Å². The van der Waals surface area contributed by atoms with Crippen LogP contribution in [0.2, 0.25) is 0 Å².